The zero-order valence-electron chi connectivity index (χ0n) is 16.0. The van der Waals surface area contributed by atoms with Gasteiger partial charge in [0.2, 0.25) is 12.0 Å². The summed E-state index contributed by atoms with van der Waals surface area (Å²) >= 11 is 0. The van der Waals surface area contributed by atoms with Gasteiger partial charge in [0.25, 0.3) is 0 Å². The van der Waals surface area contributed by atoms with Crippen molar-refractivity contribution in [2.75, 3.05) is 6.61 Å². The first-order chi connectivity index (χ1) is 14.8. The number of aliphatic hydroxyl groups is 4. The molecule has 10 heteroatoms. The van der Waals surface area contributed by atoms with Gasteiger partial charge in [-0.1, -0.05) is 0 Å². The molecule has 0 amide bonds. The SMILES string of the molecule is OC[C@@H]1O[C@H](Oc2cc3c(O)cc(O)cc3[o+]c2-c2ccc(O)cc2)[C@@H](O)[C@H](O)[C@H]1O. The molecule has 0 spiro atoms. The van der Waals surface area contributed by atoms with Gasteiger partial charge in [-0.15, -0.1) is 0 Å². The maximum Gasteiger partial charge on any atom is 0.402 e. The first-order valence-corrected chi connectivity index (χ1v) is 9.38. The Balaban J connectivity index is 1.81. The van der Waals surface area contributed by atoms with Gasteiger partial charge < -0.3 is 45.2 Å². The second-order valence-corrected chi connectivity index (χ2v) is 7.18. The molecule has 0 saturated carbocycles. The highest BCUT2D eigenvalue weighted by Crippen LogP contribution is 2.40. The molecule has 2 aromatic carbocycles. The zero-order chi connectivity index (χ0) is 22.3. The molecule has 0 bridgehead atoms. The Morgan fingerprint density at radius 3 is 2.26 bits per heavy atom. The summed E-state index contributed by atoms with van der Waals surface area (Å²) in [5, 5.41) is 69.4. The van der Waals surface area contributed by atoms with Crippen LogP contribution in [0.25, 0.3) is 22.3 Å². The molecule has 5 atom stereocenters. The minimum absolute atomic E-state index is 0.0104. The summed E-state index contributed by atoms with van der Waals surface area (Å²) in [5.41, 5.74) is 0.573. The minimum atomic E-state index is -1.66. The Bertz CT molecular complexity index is 1080. The summed E-state index contributed by atoms with van der Waals surface area (Å²) in [6.45, 7) is -0.627. The van der Waals surface area contributed by atoms with Crippen molar-refractivity contribution in [1.29, 1.82) is 0 Å². The molecular formula is C21H21O10+. The van der Waals surface area contributed by atoms with Gasteiger partial charge in [0, 0.05) is 12.1 Å². The molecule has 4 rings (SSSR count). The van der Waals surface area contributed by atoms with Crippen LogP contribution in [-0.2, 0) is 4.74 Å². The first-order valence-electron chi connectivity index (χ1n) is 9.38. The van der Waals surface area contributed by atoms with Crippen molar-refractivity contribution in [2.45, 2.75) is 30.7 Å². The van der Waals surface area contributed by atoms with E-state index in [1.54, 1.807) is 0 Å². The smallest absolute Gasteiger partial charge is 0.402 e. The average Bonchev–Trinajstić information content (AvgIpc) is 2.74. The normalized spacial score (nSPS) is 26.1. The monoisotopic (exact) mass is 433 g/mol. The van der Waals surface area contributed by atoms with Crippen LogP contribution in [0.1, 0.15) is 0 Å². The number of fused-ring (bicyclic) bond motifs is 1. The Morgan fingerprint density at radius 1 is 0.871 bits per heavy atom. The van der Waals surface area contributed by atoms with Crippen molar-refractivity contribution in [3.63, 3.8) is 0 Å². The van der Waals surface area contributed by atoms with Gasteiger partial charge in [0.05, 0.1) is 18.2 Å². The van der Waals surface area contributed by atoms with Crippen LogP contribution in [0, 0.1) is 0 Å². The third-order valence-corrected chi connectivity index (χ3v) is 5.04. The van der Waals surface area contributed by atoms with E-state index in [1.807, 2.05) is 0 Å². The predicted octanol–water partition coefficient (Wildman–Crippen LogP) is 0.676. The molecular weight excluding hydrogens is 412 g/mol. The highest BCUT2D eigenvalue weighted by atomic mass is 16.7. The number of aliphatic hydroxyl groups excluding tert-OH is 4. The molecule has 7 N–H and O–H groups in total. The standard InChI is InChI=1S/C21H20O10/c22-8-16-17(26)18(27)19(28)21(31-16)30-15-7-12-13(25)5-11(24)6-14(12)29-20(15)9-1-3-10(23)4-2-9/h1-7,16-19,21-22,26-28H,8H2,(H2-,23,24,25)/p+1/t16-,17-,18+,19-,21-/m0/s1. The fraction of sp³-hybridized carbons (Fsp3) is 0.286. The Hall–Kier alpha value is -3.15. The first kappa shape index (κ1) is 21.1. The summed E-state index contributed by atoms with van der Waals surface area (Å²) in [6.07, 6.45) is -7.52. The molecule has 164 valence electrons. The lowest BCUT2D eigenvalue weighted by molar-refractivity contribution is -0.277. The zero-order valence-corrected chi connectivity index (χ0v) is 16.0. The third-order valence-electron chi connectivity index (χ3n) is 5.04. The van der Waals surface area contributed by atoms with Gasteiger partial charge in [0.1, 0.15) is 47.1 Å². The quantitative estimate of drug-likeness (QED) is 0.290. The van der Waals surface area contributed by atoms with Gasteiger partial charge in [-0.25, -0.2) is 4.42 Å². The molecule has 10 nitrogen and oxygen atoms in total. The number of phenolic OH excluding ortho intramolecular Hbond substituents is 3. The summed E-state index contributed by atoms with van der Waals surface area (Å²) < 4.78 is 17.0. The molecule has 0 radical (unpaired) electrons. The van der Waals surface area contributed by atoms with E-state index in [2.05, 4.69) is 0 Å². The van der Waals surface area contributed by atoms with E-state index in [0.717, 1.165) is 6.07 Å². The lowest BCUT2D eigenvalue weighted by Crippen LogP contribution is -2.60. The number of hydrogen-bond donors (Lipinski definition) is 7. The molecule has 0 unspecified atom stereocenters. The van der Waals surface area contributed by atoms with Crippen LogP contribution in [0.3, 0.4) is 0 Å². The molecule has 2 heterocycles. The van der Waals surface area contributed by atoms with E-state index < -0.39 is 37.3 Å². The molecule has 1 aromatic heterocycles. The van der Waals surface area contributed by atoms with Crippen molar-refractivity contribution in [3.8, 4) is 34.3 Å². The number of aromatic hydroxyl groups is 3. The van der Waals surface area contributed by atoms with Crippen LogP contribution in [0.15, 0.2) is 46.9 Å². The van der Waals surface area contributed by atoms with E-state index in [4.69, 9.17) is 13.9 Å². The second-order valence-electron chi connectivity index (χ2n) is 7.18. The topological polar surface area (TPSA) is 171 Å². The maximum atomic E-state index is 10.3. The van der Waals surface area contributed by atoms with Gasteiger partial charge in [-0.05, 0) is 24.3 Å². The van der Waals surface area contributed by atoms with Gasteiger partial charge in [-0.2, -0.15) is 0 Å². The van der Waals surface area contributed by atoms with E-state index in [1.165, 1.54) is 36.4 Å². The van der Waals surface area contributed by atoms with Crippen LogP contribution in [-0.4, -0.2) is 73.1 Å². The Labute approximate surface area is 175 Å². The van der Waals surface area contributed by atoms with Crippen molar-refractivity contribution in [3.05, 3.63) is 42.5 Å². The van der Waals surface area contributed by atoms with Gasteiger partial charge >= 0.3 is 11.3 Å². The van der Waals surface area contributed by atoms with Crippen LogP contribution < -0.4 is 4.74 Å². The van der Waals surface area contributed by atoms with E-state index in [-0.39, 0.29) is 39.7 Å². The molecule has 1 fully saturated rings. The average molecular weight is 433 g/mol. The maximum absolute atomic E-state index is 10.3. The van der Waals surface area contributed by atoms with Crippen LogP contribution in [0.4, 0.5) is 0 Å². The van der Waals surface area contributed by atoms with Crippen molar-refractivity contribution in [1.82, 2.24) is 0 Å². The molecule has 1 aliphatic heterocycles. The fourth-order valence-electron chi connectivity index (χ4n) is 3.38. The predicted molar refractivity (Wildman–Crippen MR) is 105 cm³/mol. The summed E-state index contributed by atoms with van der Waals surface area (Å²) in [5.74, 6) is -0.420. The molecule has 31 heavy (non-hydrogen) atoms. The van der Waals surface area contributed by atoms with Crippen molar-refractivity contribution >= 4 is 11.0 Å². The summed E-state index contributed by atoms with van der Waals surface area (Å²) in [4.78, 5) is 0. The van der Waals surface area contributed by atoms with E-state index >= 15 is 0 Å². The third kappa shape index (κ3) is 3.94. The lowest BCUT2D eigenvalue weighted by atomic mass is 9.99. The highest BCUT2D eigenvalue weighted by molar-refractivity contribution is 5.88. The fourth-order valence-corrected chi connectivity index (χ4v) is 3.38. The Kier molecular flexibility index (Phi) is 5.56. The summed E-state index contributed by atoms with van der Waals surface area (Å²) in [7, 11) is 0. The van der Waals surface area contributed by atoms with Crippen LogP contribution in [0.2, 0.25) is 0 Å². The van der Waals surface area contributed by atoms with E-state index in [9.17, 15) is 35.7 Å². The van der Waals surface area contributed by atoms with Crippen molar-refractivity contribution < 1.29 is 49.6 Å². The Morgan fingerprint density at radius 2 is 1.58 bits per heavy atom. The number of hydrogen-bond acceptors (Lipinski definition) is 9. The number of ether oxygens (including phenoxy) is 2. The summed E-state index contributed by atoms with van der Waals surface area (Å²) in [6, 6.07) is 9.66. The molecule has 0 aliphatic carbocycles. The molecule has 1 saturated heterocycles. The van der Waals surface area contributed by atoms with Gasteiger partial charge in [-0.3, -0.25) is 0 Å². The largest absolute Gasteiger partial charge is 0.508 e. The van der Waals surface area contributed by atoms with Gasteiger partial charge in [0.15, 0.2) is 0 Å². The molecule has 3 aromatic rings. The van der Waals surface area contributed by atoms with E-state index in [0.29, 0.717) is 5.56 Å². The lowest BCUT2D eigenvalue weighted by Gasteiger charge is -2.39. The molecule has 1 aliphatic rings. The second kappa shape index (κ2) is 8.17. The number of benzene rings is 2. The minimum Gasteiger partial charge on any atom is -0.508 e. The highest BCUT2D eigenvalue weighted by Gasteiger charge is 2.45. The number of rotatable bonds is 4. The van der Waals surface area contributed by atoms with Crippen LogP contribution >= 0.6 is 0 Å². The number of phenols is 3. The van der Waals surface area contributed by atoms with Crippen molar-refractivity contribution in [2.24, 2.45) is 0 Å². The van der Waals surface area contributed by atoms with Crippen LogP contribution in [0.5, 0.6) is 23.0 Å².